The number of carbonyl (C=O) groups excluding carboxylic acids is 2. The van der Waals surface area contributed by atoms with Gasteiger partial charge in [0, 0.05) is 40.4 Å². The summed E-state index contributed by atoms with van der Waals surface area (Å²) in [5.41, 5.74) is 8.00. The van der Waals surface area contributed by atoms with Crippen LogP contribution in [0.2, 0.25) is 0 Å². The second-order valence-corrected chi connectivity index (χ2v) is 12.8. The zero-order valence-corrected chi connectivity index (χ0v) is 30.1. The minimum atomic E-state index is -3.88. The smallest absolute Gasteiger partial charge is 0.399 e. The van der Waals surface area contributed by atoms with Gasteiger partial charge in [0.1, 0.15) is 30.7 Å². The zero-order chi connectivity index (χ0) is 37.3. The zero-order valence-electron chi connectivity index (χ0n) is 29.3. The Hall–Kier alpha value is -5.75. The summed E-state index contributed by atoms with van der Waals surface area (Å²) in [6.45, 7) is 5.90. The van der Waals surface area contributed by atoms with Crippen molar-refractivity contribution in [3.05, 3.63) is 156 Å². The summed E-state index contributed by atoms with van der Waals surface area (Å²) < 4.78 is 41.3. The highest BCUT2D eigenvalue weighted by molar-refractivity contribution is 7.81. The van der Waals surface area contributed by atoms with Gasteiger partial charge in [0.25, 0.3) is 0 Å². The maximum Gasteiger partial charge on any atom is 0.399 e. The van der Waals surface area contributed by atoms with E-state index in [4.69, 9.17) is 14.0 Å². The monoisotopic (exact) mass is 722 g/mol. The highest BCUT2D eigenvalue weighted by Gasteiger charge is 2.12. The number of hydrogen-bond donors (Lipinski definition) is 1. The fourth-order valence-electron chi connectivity index (χ4n) is 5.18. The largest absolute Gasteiger partial charge is 0.508 e. The Morgan fingerprint density at radius 2 is 1.04 bits per heavy atom. The summed E-state index contributed by atoms with van der Waals surface area (Å²) in [6.07, 6.45) is 1.57. The number of phenolic OH excluding ortho intramolecular Hbond substituents is 1. The maximum atomic E-state index is 11.1. The molecule has 0 atom stereocenters. The molecule has 270 valence electrons. The number of hydrogen-bond acceptors (Lipinski definition) is 8. The topological polar surface area (TPSA) is 126 Å². The fraction of sp³-hybridized carbons (Fsp3) is 0.171. The standard InChI is InChI=1S/C20H19NO2.C14H17NO4S.C7H6O2/c1-16-7-12-20(18-5-3-2-4-6-18)21(16)13-14-23-19-10-8-17(15-22)9-11-19;1-12-8-9-14(13-6-4-3-5-7-13)15(12)10-11-19-20(16,17)18-2;8-5-6-1-3-7(9)4-2-6/h2-12,15H,13-14H2,1H3;3-9H,10-11H2,1-2H3;1-5,9H. The molecule has 4 aromatic carbocycles. The van der Waals surface area contributed by atoms with Crippen LogP contribution in [0, 0.1) is 13.8 Å². The number of benzene rings is 4. The van der Waals surface area contributed by atoms with E-state index in [2.05, 4.69) is 39.9 Å². The van der Waals surface area contributed by atoms with E-state index in [1.807, 2.05) is 84.3 Å². The summed E-state index contributed by atoms with van der Waals surface area (Å²) in [5, 5.41) is 8.74. The number of phenols is 1. The van der Waals surface area contributed by atoms with Crippen LogP contribution in [0.25, 0.3) is 22.5 Å². The summed E-state index contributed by atoms with van der Waals surface area (Å²) in [5.74, 6) is 0.960. The van der Waals surface area contributed by atoms with E-state index < -0.39 is 10.4 Å². The van der Waals surface area contributed by atoms with E-state index in [0.717, 1.165) is 48.9 Å². The van der Waals surface area contributed by atoms with Gasteiger partial charge in [-0.2, -0.15) is 8.42 Å². The van der Waals surface area contributed by atoms with E-state index in [1.165, 1.54) is 29.1 Å². The molecule has 2 aromatic heterocycles. The molecule has 0 aliphatic rings. The number of carbonyl (C=O) groups is 2. The highest BCUT2D eigenvalue weighted by atomic mass is 32.3. The number of aromatic hydroxyl groups is 1. The molecule has 1 N–H and O–H groups in total. The SMILES string of the molecule is COS(=O)(=O)OCCn1c(C)ccc1-c1ccccc1.Cc1ccc(-c2ccccc2)n1CCOc1ccc(C=O)cc1.O=Cc1ccc(O)cc1. The molecule has 10 nitrogen and oxygen atoms in total. The molecule has 0 unspecified atom stereocenters. The van der Waals surface area contributed by atoms with Gasteiger partial charge in [0.2, 0.25) is 0 Å². The predicted octanol–water partition coefficient (Wildman–Crippen LogP) is 7.93. The summed E-state index contributed by atoms with van der Waals surface area (Å²) in [7, 11) is -2.80. The first-order valence-electron chi connectivity index (χ1n) is 16.4. The van der Waals surface area contributed by atoms with Gasteiger partial charge < -0.3 is 19.0 Å². The van der Waals surface area contributed by atoms with Crippen LogP contribution in [0.3, 0.4) is 0 Å². The summed E-state index contributed by atoms with van der Waals surface area (Å²) in [6, 6.07) is 41.8. The van der Waals surface area contributed by atoms with Crippen molar-refractivity contribution in [2.45, 2.75) is 26.9 Å². The molecule has 0 aliphatic carbocycles. The Bertz CT molecular complexity index is 2090. The lowest BCUT2D eigenvalue weighted by Gasteiger charge is -2.13. The number of aromatic nitrogens is 2. The van der Waals surface area contributed by atoms with E-state index >= 15 is 0 Å². The molecule has 0 radical (unpaired) electrons. The van der Waals surface area contributed by atoms with Crippen LogP contribution < -0.4 is 4.74 Å². The van der Waals surface area contributed by atoms with Crippen molar-refractivity contribution in [1.29, 1.82) is 0 Å². The van der Waals surface area contributed by atoms with E-state index in [9.17, 15) is 18.0 Å². The predicted molar refractivity (Wildman–Crippen MR) is 202 cm³/mol. The molecule has 6 rings (SSSR count). The van der Waals surface area contributed by atoms with Gasteiger partial charge in [0.15, 0.2) is 0 Å². The third kappa shape index (κ3) is 11.7. The van der Waals surface area contributed by atoms with Gasteiger partial charge in [-0.3, -0.25) is 13.8 Å². The van der Waals surface area contributed by atoms with E-state index in [-0.39, 0.29) is 12.4 Å². The maximum absolute atomic E-state index is 11.1. The van der Waals surface area contributed by atoms with Gasteiger partial charge in [-0.15, -0.1) is 0 Å². The Labute approximate surface area is 304 Å². The quantitative estimate of drug-likeness (QED) is 0.119. The van der Waals surface area contributed by atoms with Crippen molar-refractivity contribution >= 4 is 23.0 Å². The van der Waals surface area contributed by atoms with Crippen molar-refractivity contribution in [3.63, 3.8) is 0 Å². The van der Waals surface area contributed by atoms with Crippen LogP contribution in [-0.4, -0.2) is 55.6 Å². The van der Waals surface area contributed by atoms with E-state index in [1.54, 1.807) is 24.3 Å². The van der Waals surface area contributed by atoms with Crippen LogP contribution in [-0.2, 0) is 31.9 Å². The molecule has 6 aromatic rings. The lowest BCUT2D eigenvalue weighted by Crippen LogP contribution is -2.14. The Morgan fingerprint density at radius 1 is 0.596 bits per heavy atom. The van der Waals surface area contributed by atoms with Crippen LogP contribution in [0.4, 0.5) is 0 Å². The van der Waals surface area contributed by atoms with Gasteiger partial charge >= 0.3 is 10.4 Å². The van der Waals surface area contributed by atoms with Gasteiger partial charge in [-0.25, -0.2) is 4.18 Å². The first-order valence-corrected chi connectivity index (χ1v) is 17.8. The number of nitrogens with zero attached hydrogens (tertiary/aromatic N) is 2. The van der Waals surface area contributed by atoms with Crippen molar-refractivity contribution < 1.29 is 36.2 Å². The van der Waals surface area contributed by atoms with Gasteiger partial charge in [-0.05, 0) is 97.8 Å². The molecular weight excluding hydrogens is 681 g/mol. The van der Waals surface area contributed by atoms with Gasteiger partial charge in [-0.1, -0.05) is 60.7 Å². The number of ether oxygens (including phenoxy) is 1. The first-order chi connectivity index (χ1) is 25.1. The molecule has 2 heterocycles. The third-order valence-corrected chi connectivity index (χ3v) is 8.78. The van der Waals surface area contributed by atoms with Crippen LogP contribution in [0.15, 0.2) is 133 Å². The first kappa shape index (κ1) is 39.0. The van der Waals surface area contributed by atoms with Crippen molar-refractivity contribution in [2.75, 3.05) is 20.3 Å². The van der Waals surface area contributed by atoms with Crippen LogP contribution in [0.1, 0.15) is 32.1 Å². The normalized spacial score (nSPS) is 10.7. The molecule has 0 saturated heterocycles. The number of aldehydes is 2. The van der Waals surface area contributed by atoms with Gasteiger partial charge in [0.05, 0.1) is 20.3 Å². The second-order valence-electron chi connectivity index (χ2n) is 11.4. The molecule has 0 fully saturated rings. The third-order valence-electron chi connectivity index (χ3n) is 7.91. The summed E-state index contributed by atoms with van der Waals surface area (Å²) in [4.78, 5) is 20.7. The Morgan fingerprint density at radius 3 is 1.48 bits per heavy atom. The summed E-state index contributed by atoms with van der Waals surface area (Å²) >= 11 is 0. The molecular formula is C41H42N2O8S. The van der Waals surface area contributed by atoms with E-state index in [0.29, 0.717) is 24.3 Å². The van der Waals surface area contributed by atoms with Crippen LogP contribution in [0.5, 0.6) is 11.5 Å². The number of aryl methyl sites for hydroxylation is 2. The van der Waals surface area contributed by atoms with Crippen LogP contribution >= 0.6 is 0 Å². The minimum absolute atomic E-state index is 0.0333. The van der Waals surface area contributed by atoms with Crippen molar-refractivity contribution in [1.82, 2.24) is 9.13 Å². The molecule has 0 bridgehead atoms. The molecule has 0 spiro atoms. The average molecular weight is 723 g/mol. The Balaban J connectivity index is 0.000000190. The minimum Gasteiger partial charge on any atom is -0.508 e. The molecule has 0 aliphatic heterocycles. The molecule has 0 saturated carbocycles. The molecule has 11 heteroatoms. The molecule has 0 amide bonds. The lowest BCUT2D eigenvalue weighted by molar-refractivity contribution is 0.111. The average Bonchev–Trinajstić information content (AvgIpc) is 3.74. The highest BCUT2D eigenvalue weighted by Crippen LogP contribution is 2.23. The van der Waals surface area contributed by atoms with Crippen molar-refractivity contribution in [2.24, 2.45) is 0 Å². The lowest BCUT2D eigenvalue weighted by atomic mass is 10.1. The van der Waals surface area contributed by atoms with Crippen molar-refractivity contribution in [3.8, 4) is 34.0 Å². The fourth-order valence-corrected chi connectivity index (χ4v) is 5.56. The molecule has 52 heavy (non-hydrogen) atoms. The second kappa shape index (κ2) is 19.6. The number of rotatable bonds is 13. The Kier molecular flexibility index (Phi) is 14.7.